The largest absolute Gasteiger partial charge is 0.371 e. The SMILES string of the molecule is CC(C)CNc1cc2ccccc2c(=O)[nH]1. The van der Waals surface area contributed by atoms with Crippen molar-refractivity contribution in [3.05, 3.63) is 40.7 Å². The number of H-pyrrole nitrogens is 1. The number of anilines is 1. The molecule has 0 unspecified atom stereocenters. The first-order chi connectivity index (χ1) is 7.66. The number of rotatable bonds is 3. The highest BCUT2D eigenvalue weighted by molar-refractivity contribution is 5.83. The molecule has 0 aliphatic heterocycles. The van der Waals surface area contributed by atoms with Crippen molar-refractivity contribution in [1.82, 2.24) is 4.98 Å². The summed E-state index contributed by atoms with van der Waals surface area (Å²) in [6.07, 6.45) is 0. The Kier molecular flexibility index (Phi) is 2.95. The standard InChI is InChI=1S/C13H16N2O/c1-9(2)8-14-12-7-10-5-3-4-6-11(10)13(16)15-12/h3-7,9H,8H2,1-2H3,(H2,14,15,16). The normalized spacial score (nSPS) is 10.9. The van der Waals surface area contributed by atoms with Gasteiger partial charge >= 0.3 is 0 Å². The summed E-state index contributed by atoms with van der Waals surface area (Å²) in [5.41, 5.74) is -0.0376. The van der Waals surface area contributed by atoms with Gasteiger partial charge in [0, 0.05) is 11.9 Å². The van der Waals surface area contributed by atoms with Gasteiger partial charge < -0.3 is 10.3 Å². The van der Waals surface area contributed by atoms with E-state index in [9.17, 15) is 4.79 Å². The van der Waals surface area contributed by atoms with E-state index < -0.39 is 0 Å². The van der Waals surface area contributed by atoms with Crippen molar-refractivity contribution in [3.63, 3.8) is 0 Å². The maximum atomic E-state index is 11.7. The maximum Gasteiger partial charge on any atom is 0.257 e. The van der Waals surface area contributed by atoms with Gasteiger partial charge in [0.1, 0.15) is 5.82 Å². The van der Waals surface area contributed by atoms with Crippen molar-refractivity contribution in [2.45, 2.75) is 13.8 Å². The van der Waals surface area contributed by atoms with E-state index >= 15 is 0 Å². The minimum absolute atomic E-state index is 0.0376. The quantitative estimate of drug-likeness (QED) is 0.828. The number of fused-ring (bicyclic) bond motifs is 1. The second-order valence-electron chi connectivity index (χ2n) is 4.37. The van der Waals surface area contributed by atoms with E-state index in [-0.39, 0.29) is 5.56 Å². The molecule has 2 N–H and O–H groups in total. The summed E-state index contributed by atoms with van der Waals surface area (Å²) in [4.78, 5) is 14.6. The summed E-state index contributed by atoms with van der Waals surface area (Å²) in [7, 11) is 0. The van der Waals surface area contributed by atoms with Crippen LogP contribution in [0.15, 0.2) is 35.1 Å². The Balaban J connectivity index is 2.38. The fraction of sp³-hybridized carbons (Fsp3) is 0.308. The number of aromatic amines is 1. The van der Waals surface area contributed by atoms with Crippen molar-refractivity contribution < 1.29 is 0 Å². The smallest absolute Gasteiger partial charge is 0.257 e. The number of hydrogen-bond donors (Lipinski definition) is 2. The first-order valence-corrected chi connectivity index (χ1v) is 5.53. The minimum Gasteiger partial charge on any atom is -0.371 e. The van der Waals surface area contributed by atoms with Crippen LogP contribution in [0.4, 0.5) is 5.82 Å². The lowest BCUT2D eigenvalue weighted by atomic mass is 10.1. The summed E-state index contributed by atoms with van der Waals surface area (Å²) < 4.78 is 0. The summed E-state index contributed by atoms with van der Waals surface area (Å²) in [6.45, 7) is 5.12. The highest BCUT2D eigenvalue weighted by Gasteiger charge is 2.01. The van der Waals surface area contributed by atoms with E-state index in [2.05, 4.69) is 24.1 Å². The zero-order chi connectivity index (χ0) is 11.5. The second kappa shape index (κ2) is 4.39. The van der Waals surface area contributed by atoms with E-state index in [1.165, 1.54) is 0 Å². The molecule has 2 aromatic rings. The van der Waals surface area contributed by atoms with Crippen LogP contribution in [-0.2, 0) is 0 Å². The van der Waals surface area contributed by atoms with Crippen LogP contribution in [0.1, 0.15) is 13.8 Å². The van der Waals surface area contributed by atoms with Crippen molar-refractivity contribution >= 4 is 16.6 Å². The lowest BCUT2D eigenvalue weighted by molar-refractivity contribution is 0.687. The van der Waals surface area contributed by atoms with Crippen LogP contribution in [0.2, 0.25) is 0 Å². The second-order valence-corrected chi connectivity index (χ2v) is 4.37. The van der Waals surface area contributed by atoms with Crippen molar-refractivity contribution in [2.24, 2.45) is 5.92 Å². The topological polar surface area (TPSA) is 44.9 Å². The van der Waals surface area contributed by atoms with Crippen LogP contribution in [0.5, 0.6) is 0 Å². The van der Waals surface area contributed by atoms with E-state index in [0.29, 0.717) is 5.92 Å². The molecule has 0 bridgehead atoms. The molecule has 1 aromatic heterocycles. The summed E-state index contributed by atoms with van der Waals surface area (Å²) in [5, 5.41) is 4.93. The lowest BCUT2D eigenvalue weighted by Crippen LogP contribution is -2.14. The first kappa shape index (κ1) is 10.7. The van der Waals surface area contributed by atoms with Gasteiger partial charge in [0.2, 0.25) is 0 Å². The Hall–Kier alpha value is -1.77. The van der Waals surface area contributed by atoms with Crippen molar-refractivity contribution in [3.8, 4) is 0 Å². The Morgan fingerprint density at radius 2 is 2.06 bits per heavy atom. The van der Waals surface area contributed by atoms with Crippen molar-refractivity contribution in [2.75, 3.05) is 11.9 Å². The van der Waals surface area contributed by atoms with Gasteiger partial charge in [-0.05, 0) is 23.4 Å². The zero-order valence-electron chi connectivity index (χ0n) is 9.58. The Bertz CT molecular complexity index is 543. The first-order valence-electron chi connectivity index (χ1n) is 5.53. The molecule has 2 rings (SSSR count). The number of nitrogens with one attached hydrogen (secondary N) is 2. The van der Waals surface area contributed by atoms with Gasteiger partial charge in [-0.1, -0.05) is 32.0 Å². The van der Waals surface area contributed by atoms with Crippen LogP contribution < -0.4 is 10.9 Å². The molecule has 0 saturated heterocycles. The van der Waals surface area contributed by atoms with Crippen LogP contribution >= 0.6 is 0 Å². The van der Waals surface area contributed by atoms with Gasteiger partial charge in [-0.2, -0.15) is 0 Å². The van der Waals surface area contributed by atoms with Crippen LogP contribution in [0.25, 0.3) is 10.8 Å². The Morgan fingerprint density at radius 1 is 1.31 bits per heavy atom. The molecule has 1 heterocycles. The predicted molar refractivity (Wildman–Crippen MR) is 67.9 cm³/mol. The molecule has 0 fully saturated rings. The average molecular weight is 216 g/mol. The molecule has 16 heavy (non-hydrogen) atoms. The number of aromatic nitrogens is 1. The van der Waals surface area contributed by atoms with E-state index in [0.717, 1.165) is 23.1 Å². The molecule has 0 aliphatic carbocycles. The number of pyridine rings is 1. The molecule has 0 amide bonds. The highest BCUT2D eigenvalue weighted by atomic mass is 16.1. The highest BCUT2D eigenvalue weighted by Crippen LogP contribution is 2.12. The molecule has 3 nitrogen and oxygen atoms in total. The van der Waals surface area contributed by atoms with Gasteiger partial charge in [-0.3, -0.25) is 4.79 Å². The van der Waals surface area contributed by atoms with Gasteiger partial charge in [-0.25, -0.2) is 0 Å². The molecule has 0 atom stereocenters. The Labute approximate surface area is 94.5 Å². The van der Waals surface area contributed by atoms with Gasteiger partial charge in [-0.15, -0.1) is 0 Å². The fourth-order valence-corrected chi connectivity index (χ4v) is 1.62. The number of benzene rings is 1. The van der Waals surface area contributed by atoms with Gasteiger partial charge in [0.15, 0.2) is 0 Å². The lowest BCUT2D eigenvalue weighted by Gasteiger charge is -2.09. The molecular weight excluding hydrogens is 200 g/mol. The third kappa shape index (κ3) is 2.24. The molecule has 0 saturated carbocycles. The van der Waals surface area contributed by atoms with Gasteiger partial charge in [0.25, 0.3) is 5.56 Å². The molecular formula is C13H16N2O. The molecule has 0 aliphatic rings. The number of hydrogen-bond acceptors (Lipinski definition) is 2. The van der Waals surface area contributed by atoms with Crippen LogP contribution in [0.3, 0.4) is 0 Å². The monoisotopic (exact) mass is 216 g/mol. The molecule has 1 aromatic carbocycles. The minimum atomic E-state index is -0.0376. The summed E-state index contributed by atoms with van der Waals surface area (Å²) >= 11 is 0. The van der Waals surface area contributed by atoms with Crippen molar-refractivity contribution in [1.29, 1.82) is 0 Å². The van der Waals surface area contributed by atoms with Crippen LogP contribution in [0, 0.1) is 5.92 Å². The maximum absolute atomic E-state index is 11.7. The van der Waals surface area contributed by atoms with Gasteiger partial charge in [0.05, 0.1) is 0 Å². The zero-order valence-corrected chi connectivity index (χ0v) is 9.58. The Morgan fingerprint density at radius 3 is 2.81 bits per heavy atom. The fourth-order valence-electron chi connectivity index (χ4n) is 1.62. The molecule has 0 spiro atoms. The molecule has 0 radical (unpaired) electrons. The average Bonchev–Trinajstić information content (AvgIpc) is 2.26. The third-order valence-electron chi connectivity index (χ3n) is 2.45. The van der Waals surface area contributed by atoms with E-state index in [4.69, 9.17) is 0 Å². The molecule has 3 heteroatoms. The predicted octanol–water partition coefficient (Wildman–Crippen LogP) is 2.60. The molecule has 84 valence electrons. The van der Waals surface area contributed by atoms with Crippen LogP contribution in [-0.4, -0.2) is 11.5 Å². The summed E-state index contributed by atoms with van der Waals surface area (Å²) in [6, 6.07) is 9.57. The van der Waals surface area contributed by atoms with E-state index in [1.807, 2.05) is 30.3 Å². The summed E-state index contributed by atoms with van der Waals surface area (Å²) in [5.74, 6) is 1.34. The third-order valence-corrected chi connectivity index (χ3v) is 2.45. The van der Waals surface area contributed by atoms with E-state index in [1.54, 1.807) is 0 Å².